The lowest BCUT2D eigenvalue weighted by atomic mass is 10.2. The molecule has 0 aromatic heterocycles. The molecule has 0 spiro atoms. The average molecular weight is 308 g/mol. The summed E-state index contributed by atoms with van der Waals surface area (Å²) in [7, 11) is 3.53. The van der Waals surface area contributed by atoms with Gasteiger partial charge in [0.15, 0.2) is 0 Å². The summed E-state index contributed by atoms with van der Waals surface area (Å²) in [4.78, 5) is 13.9. The van der Waals surface area contributed by atoms with E-state index in [4.69, 9.17) is 14.2 Å². The molecule has 122 valence electrons. The highest BCUT2D eigenvalue weighted by atomic mass is 16.6. The van der Waals surface area contributed by atoms with Gasteiger partial charge in [-0.05, 0) is 13.1 Å². The molecule has 0 bridgehead atoms. The van der Waals surface area contributed by atoms with Crippen molar-refractivity contribution in [1.29, 1.82) is 0 Å². The molecule has 1 aliphatic rings. The second kappa shape index (κ2) is 8.73. The Morgan fingerprint density at radius 2 is 2.23 bits per heavy atom. The number of hydrogen-bond acceptors (Lipinski definition) is 5. The Hall–Kier alpha value is -1.63. The molecule has 1 aromatic rings. The fraction of sp³-hybridized carbons (Fsp3) is 0.562. The molecule has 1 aromatic carbocycles. The molecule has 6 nitrogen and oxygen atoms in total. The number of methoxy groups -OCH3 is 1. The number of hydrogen-bond donors (Lipinski definition) is 1. The number of rotatable bonds is 7. The van der Waals surface area contributed by atoms with E-state index in [9.17, 15) is 4.79 Å². The number of nitrogens with zero attached hydrogens (tertiary/aromatic N) is 1. The smallest absolute Gasteiger partial charge is 0.234 e. The lowest BCUT2D eigenvalue weighted by Crippen LogP contribution is -2.42. The lowest BCUT2D eigenvalue weighted by Gasteiger charge is -2.27. The fourth-order valence-corrected chi connectivity index (χ4v) is 2.40. The molecular formula is C16H24N2O4. The average Bonchev–Trinajstić information content (AvgIpc) is 2.54. The first-order valence-electron chi connectivity index (χ1n) is 7.45. The van der Waals surface area contributed by atoms with Crippen LogP contribution in [0.2, 0.25) is 0 Å². The maximum atomic E-state index is 12.0. The van der Waals surface area contributed by atoms with Crippen LogP contribution in [-0.2, 0) is 20.8 Å². The first-order valence-corrected chi connectivity index (χ1v) is 7.45. The van der Waals surface area contributed by atoms with Gasteiger partial charge >= 0.3 is 0 Å². The topological polar surface area (TPSA) is 60.0 Å². The Bertz CT molecular complexity index is 475. The quantitative estimate of drug-likeness (QED) is 0.802. The molecule has 0 radical (unpaired) electrons. The minimum Gasteiger partial charge on any atom is -0.496 e. The van der Waals surface area contributed by atoms with Crippen molar-refractivity contribution in [2.24, 2.45) is 0 Å². The molecule has 6 heteroatoms. The molecule has 2 rings (SSSR count). The molecule has 0 aliphatic carbocycles. The first-order chi connectivity index (χ1) is 10.7. The van der Waals surface area contributed by atoms with E-state index in [0.717, 1.165) is 11.3 Å². The molecule has 22 heavy (non-hydrogen) atoms. The Labute approximate surface area is 131 Å². The van der Waals surface area contributed by atoms with E-state index >= 15 is 0 Å². The Morgan fingerprint density at radius 3 is 2.95 bits per heavy atom. The molecule has 1 aliphatic heterocycles. The van der Waals surface area contributed by atoms with Crippen LogP contribution in [0, 0.1) is 0 Å². The number of ether oxygens (including phenoxy) is 3. The highest BCUT2D eigenvalue weighted by Gasteiger charge is 2.17. The molecule has 1 saturated heterocycles. The van der Waals surface area contributed by atoms with E-state index in [1.54, 1.807) is 7.11 Å². The van der Waals surface area contributed by atoms with Gasteiger partial charge in [-0.15, -0.1) is 0 Å². The number of carbonyl (C=O) groups is 1. The second-order valence-electron chi connectivity index (χ2n) is 5.35. The van der Waals surface area contributed by atoms with Gasteiger partial charge < -0.3 is 19.5 Å². The largest absolute Gasteiger partial charge is 0.496 e. The molecule has 1 atom stereocenters. The maximum Gasteiger partial charge on any atom is 0.234 e. The third-order valence-electron chi connectivity index (χ3n) is 3.48. The van der Waals surface area contributed by atoms with Gasteiger partial charge in [0.1, 0.15) is 5.75 Å². The van der Waals surface area contributed by atoms with Gasteiger partial charge in [-0.2, -0.15) is 0 Å². The Balaban J connectivity index is 1.72. The van der Waals surface area contributed by atoms with Crippen LogP contribution >= 0.6 is 0 Å². The van der Waals surface area contributed by atoms with Crippen LogP contribution in [0.4, 0.5) is 0 Å². The molecule has 1 heterocycles. The maximum absolute atomic E-state index is 12.0. The van der Waals surface area contributed by atoms with E-state index < -0.39 is 0 Å². The summed E-state index contributed by atoms with van der Waals surface area (Å²) in [6.45, 7) is 3.34. The normalized spacial score (nSPS) is 18.2. The highest BCUT2D eigenvalue weighted by molar-refractivity contribution is 5.78. The first kappa shape index (κ1) is 16.7. The van der Waals surface area contributed by atoms with Crippen LogP contribution in [-0.4, -0.2) is 64.0 Å². The van der Waals surface area contributed by atoms with Crippen molar-refractivity contribution in [3.05, 3.63) is 29.8 Å². The number of benzene rings is 1. The summed E-state index contributed by atoms with van der Waals surface area (Å²) in [5.41, 5.74) is 0.963. The summed E-state index contributed by atoms with van der Waals surface area (Å²) < 4.78 is 16.2. The van der Waals surface area contributed by atoms with Gasteiger partial charge in [-0.3, -0.25) is 9.69 Å². The van der Waals surface area contributed by atoms with E-state index in [1.807, 2.05) is 36.2 Å². The van der Waals surface area contributed by atoms with Crippen LogP contribution in [0.15, 0.2) is 24.3 Å². The van der Waals surface area contributed by atoms with Crippen LogP contribution in [0.5, 0.6) is 5.75 Å². The van der Waals surface area contributed by atoms with Crippen molar-refractivity contribution in [2.45, 2.75) is 12.6 Å². The predicted octanol–water partition coefficient (Wildman–Crippen LogP) is 0.659. The zero-order chi connectivity index (χ0) is 15.8. The number of likely N-dealkylation sites (N-methyl/N-ethyl adjacent to an activating group) is 1. The lowest BCUT2D eigenvalue weighted by molar-refractivity contribution is -0.124. The van der Waals surface area contributed by atoms with E-state index in [2.05, 4.69) is 5.32 Å². The molecule has 1 amide bonds. The van der Waals surface area contributed by atoms with Crippen molar-refractivity contribution in [3.8, 4) is 5.75 Å². The van der Waals surface area contributed by atoms with Crippen molar-refractivity contribution in [3.63, 3.8) is 0 Å². The zero-order valence-electron chi connectivity index (χ0n) is 13.2. The molecule has 1 fully saturated rings. The van der Waals surface area contributed by atoms with E-state index in [-0.39, 0.29) is 12.0 Å². The molecule has 1 N–H and O–H groups in total. The minimum absolute atomic E-state index is 0.0230. The van der Waals surface area contributed by atoms with Crippen LogP contribution in [0.3, 0.4) is 0 Å². The third kappa shape index (κ3) is 5.29. The van der Waals surface area contributed by atoms with Crippen LogP contribution in [0.1, 0.15) is 5.56 Å². The third-order valence-corrected chi connectivity index (χ3v) is 3.48. The summed E-state index contributed by atoms with van der Waals surface area (Å²) in [6.07, 6.45) is 0.0424. The van der Waals surface area contributed by atoms with Gasteiger partial charge in [0, 0.05) is 18.7 Å². The fourth-order valence-electron chi connectivity index (χ4n) is 2.40. The van der Waals surface area contributed by atoms with Crippen molar-refractivity contribution in [1.82, 2.24) is 10.2 Å². The van der Waals surface area contributed by atoms with Gasteiger partial charge in [0.2, 0.25) is 5.91 Å². The number of amides is 1. The van der Waals surface area contributed by atoms with Crippen LogP contribution in [0.25, 0.3) is 0 Å². The number of carbonyl (C=O) groups excluding carboxylic acids is 1. The number of para-hydroxylation sites is 1. The summed E-state index contributed by atoms with van der Waals surface area (Å²) in [5.74, 6) is 0.758. The monoisotopic (exact) mass is 308 g/mol. The van der Waals surface area contributed by atoms with E-state index in [1.165, 1.54) is 0 Å². The van der Waals surface area contributed by atoms with Crippen molar-refractivity contribution in [2.75, 3.05) is 47.1 Å². The van der Waals surface area contributed by atoms with Crippen molar-refractivity contribution >= 4 is 5.91 Å². The van der Waals surface area contributed by atoms with Crippen molar-refractivity contribution < 1.29 is 19.0 Å². The zero-order valence-corrected chi connectivity index (χ0v) is 13.2. The van der Waals surface area contributed by atoms with Gasteiger partial charge in [0.05, 0.1) is 39.6 Å². The highest BCUT2D eigenvalue weighted by Crippen LogP contribution is 2.16. The standard InChI is InChI=1S/C16H24N2O4/c1-18(10-14-12-21-7-8-22-14)11-16(19)17-9-13-5-3-4-6-15(13)20-2/h3-6,14H,7-12H2,1-2H3,(H,17,19). The molecule has 0 saturated carbocycles. The molecular weight excluding hydrogens is 284 g/mol. The summed E-state index contributed by atoms with van der Waals surface area (Å²) in [5, 5.41) is 2.91. The SMILES string of the molecule is COc1ccccc1CNC(=O)CN(C)CC1COCCO1. The number of nitrogens with one attached hydrogen (secondary N) is 1. The molecule has 1 unspecified atom stereocenters. The minimum atomic E-state index is -0.0230. The Kier molecular flexibility index (Phi) is 6.64. The van der Waals surface area contributed by atoms with Gasteiger partial charge in [-0.25, -0.2) is 0 Å². The summed E-state index contributed by atoms with van der Waals surface area (Å²) in [6, 6.07) is 7.66. The summed E-state index contributed by atoms with van der Waals surface area (Å²) >= 11 is 0. The predicted molar refractivity (Wildman–Crippen MR) is 82.9 cm³/mol. The van der Waals surface area contributed by atoms with Gasteiger partial charge in [-0.1, -0.05) is 18.2 Å². The Morgan fingerprint density at radius 1 is 1.41 bits per heavy atom. The van der Waals surface area contributed by atoms with Crippen LogP contribution < -0.4 is 10.1 Å². The van der Waals surface area contributed by atoms with E-state index in [0.29, 0.717) is 39.5 Å². The van der Waals surface area contributed by atoms with Gasteiger partial charge in [0.25, 0.3) is 0 Å². The second-order valence-corrected chi connectivity index (χ2v) is 5.35.